The maximum atomic E-state index is 11.2. The van der Waals surface area contributed by atoms with Crippen molar-refractivity contribution in [1.29, 1.82) is 0 Å². The normalized spacial score (nSPS) is 24.2. The summed E-state index contributed by atoms with van der Waals surface area (Å²) >= 11 is 0. The smallest absolute Gasteiger partial charge is 0.133 e. The summed E-state index contributed by atoms with van der Waals surface area (Å²) in [4.78, 5) is 11.2. The summed E-state index contributed by atoms with van der Waals surface area (Å²) in [7, 11) is 0. The molecule has 2 aliphatic rings. The van der Waals surface area contributed by atoms with Gasteiger partial charge in [-0.05, 0) is 43.2 Å². The van der Waals surface area contributed by atoms with Gasteiger partial charge in [-0.25, -0.2) is 0 Å². The Balaban J connectivity index is 1.58. The molecule has 1 unspecified atom stereocenters. The quantitative estimate of drug-likeness (QED) is 0.827. The molecule has 2 heteroatoms. The van der Waals surface area contributed by atoms with Crippen molar-refractivity contribution in [2.45, 2.75) is 57.0 Å². The van der Waals surface area contributed by atoms with Gasteiger partial charge in [0.15, 0.2) is 0 Å². The molecule has 0 bridgehead atoms. The van der Waals surface area contributed by atoms with Gasteiger partial charge < -0.3 is 4.74 Å². The predicted molar refractivity (Wildman–Crippen MR) is 75.3 cm³/mol. The standard InChI is InChI=1S/C17H22O2/c18-15-8-10-16(11-9-15)19-12-14-6-3-5-13-4-1-2-7-17(13)14/h1-2,4,7,14,16H,3,5-6,8-12H2. The van der Waals surface area contributed by atoms with Crippen molar-refractivity contribution in [1.82, 2.24) is 0 Å². The van der Waals surface area contributed by atoms with Gasteiger partial charge in [0, 0.05) is 18.8 Å². The zero-order valence-corrected chi connectivity index (χ0v) is 11.4. The van der Waals surface area contributed by atoms with E-state index in [4.69, 9.17) is 4.74 Å². The van der Waals surface area contributed by atoms with Gasteiger partial charge >= 0.3 is 0 Å². The van der Waals surface area contributed by atoms with Gasteiger partial charge in [-0.2, -0.15) is 0 Å². The minimum absolute atomic E-state index is 0.312. The lowest BCUT2D eigenvalue weighted by Crippen LogP contribution is -2.24. The van der Waals surface area contributed by atoms with E-state index in [-0.39, 0.29) is 0 Å². The number of hydrogen-bond donors (Lipinski definition) is 0. The van der Waals surface area contributed by atoms with Crippen LogP contribution in [-0.2, 0) is 16.0 Å². The molecular formula is C17H22O2. The lowest BCUT2D eigenvalue weighted by molar-refractivity contribution is -0.123. The second-order valence-electron chi connectivity index (χ2n) is 5.86. The van der Waals surface area contributed by atoms with Crippen molar-refractivity contribution in [2.75, 3.05) is 6.61 Å². The van der Waals surface area contributed by atoms with E-state index in [1.807, 2.05) is 0 Å². The van der Waals surface area contributed by atoms with Crippen LogP contribution in [0.3, 0.4) is 0 Å². The molecule has 1 atom stereocenters. The van der Waals surface area contributed by atoms with Crippen LogP contribution < -0.4 is 0 Å². The van der Waals surface area contributed by atoms with Crippen LogP contribution in [0.5, 0.6) is 0 Å². The lowest BCUT2D eigenvalue weighted by Gasteiger charge is -2.28. The summed E-state index contributed by atoms with van der Waals surface area (Å²) in [6.07, 6.45) is 7.31. The highest BCUT2D eigenvalue weighted by atomic mass is 16.5. The number of carbonyl (C=O) groups is 1. The average molecular weight is 258 g/mol. The van der Waals surface area contributed by atoms with Crippen molar-refractivity contribution < 1.29 is 9.53 Å². The molecule has 19 heavy (non-hydrogen) atoms. The molecule has 1 fully saturated rings. The summed E-state index contributed by atoms with van der Waals surface area (Å²) in [5.41, 5.74) is 2.99. The van der Waals surface area contributed by atoms with Crippen LogP contribution in [0.1, 0.15) is 55.6 Å². The highest BCUT2D eigenvalue weighted by Crippen LogP contribution is 2.32. The maximum Gasteiger partial charge on any atom is 0.133 e. The molecule has 2 nitrogen and oxygen atoms in total. The van der Waals surface area contributed by atoms with Crippen LogP contribution in [-0.4, -0.2) is 18.5 Å². The molecule has 0 N–H and O–H groups in total. The predicted octanol–water partition coefficient (Wildman–Crippen LogP) is 3.63. The van der Waals surface area contributed by atoms with Crippen LogP contribution in [0.4, 0.5) is 0 Å². The highest BCUT2D eigenvalue weighted by Gasteiger charge is 2.23. The third-order valence-electron chi connectivity index (χ3n) is 4.52. The SMILES string of the molecule is O=C1CCC(OCC2CCCc3ccccc32)CC1. The summed E-state index contributed by atoms with van der Waals surface area (Å²) in [5, 5.41) is 0. The number of Topliss-reactive ketones (excluding diaryl/α,β-unsaturated/α-hetero) is 1. The molecule has 1 aromatic carbocycles. The number of aryl methyl sites for hydroxylation is 1. The van der Waals surface area contributed by atoms with Crippen LogP contribution >= 0.6 is 0 Å². The second kappa shape index (κ2) is 5.87. The third kappa shape index (κ3) is 3.06. The molecule has 3 rings (SSSR count). The third-order valence-corrected chi connectivity index (χ3v) is 4.52. The fourth-order valence-electron chi connectivity index (χ4n) is 3.36. The Morgan fingerprint density at radius 3 is 2.68 bits per heavy atom. The van der Waals surface area contributed by atoms with E-state index in [9.17, 15) is 4.79 Å². The number of rotatable bonds is 3. The number of ketones is 1. The van der Waals surface area contributed by atoms with Crippen molar-refractivity contribution in [2.24, 2.45) is 0 Å². The Morgan fingerprint density at radius 1 is 1.05 bits per heavy atom. The first-order valence-electron chi connectivity index (χ1n) is 7.54. The van der Waals surface area contributed by atoms with Gasteiger partial charge in [-0.3, -0.25) is 4.79 Å². The van der Waals surface area contributed by atoms with E-state index in [0.29, 0.717) is 30.6 Å². The second-order valence-corrected chi connectivity index (χ2v) is 5.86. The summed E-state index contributed by atoms with van der Waals surface area (Å²) < 4.78 is 6.08. The number of benzene rings is 1. The number of fused-ring (bicyclic) bond motifs is 1. The van der Waals surface area contributed by atoms with E-state index in [0.717, 1.165) is 19.4 Å². The zero-order valence-electron chi connectivity index (χ0n) is 11.4. The summed E-state index contributed by atoms with van der Waals surface area (Å²) in [6, 6.07) is 8.78. The molecule has 0 aromatic heterocycles. The lowest BCUT2D eigenvalue weighted by atomic mass is 9.83. The molecule has 0 heterocycles. The van der Waals surface area contributed by atoms with Crippen molar-refractivity contribution in [3.8, 4) is 0 Å². The zero-order chi connectivity index (χ0) is 13.1. The Bertz CT molecular complexity index is 442. The van der Waals surface area contributed by atoms with Crippen LogP contribution in [0.25, 0.3) is 0 Å². The van der Waals surface area contributed by atoms with Crippen LogP contribution in [0, 0.1) is 0 Å². The fraction of sp³-hybridized carbons (Fsp3) is 0.588. The Hall–Kier alpha value is -1.15. The van der Waals surface area contributed by atoms with Gasteiger partial charge in [0.1, 0.15) is 5.78 Å². The summed E-state index contributed by atoms with van der Waals surface area (Å²) in [5.74, 6) is 0.963. The van der Waals surface area contributed by atoms with Crippen molar-refractivity contribution in [3.05, 3.63) is 35.4 Å². The van der Waals surface area contributed by atoms with Gasteiger partial charge in [-0.1, -0.05) is 24.3 Å². The molecule has 1 saturated carbocycles. The Morgan fingerprint density at radius 2 is 1.84 bits per heavy atom. The van der Waals surface area contributed by atoms with E-state index in [2.05, 4.69) is 24.3 Å². The first kappa shape index (κ1) is 12.9. The first-order chi connectivity index (χ1) is 9.33. The van der Waals surface area contributed by atoms with Crippen LogP contribution in [0.15, 0.2) is 24.3 Å². The molecule has 2 aliphatic carbocycles. The molecule has 102 valence electrons. The number of ether oxygens (including phenoxy) is 1. The molecule has 0 saturated heterocycles. The molecule has 0 radical (unpaired) electrons. The van der Waals surface area contributed by atoms with Gasteiger partial charge in [-0.15, -0.1) is 0 Å². The average Bonchev–Trinajstić information content (AvgIpc) is 2.47. The van der Waals surface area contributed by atoms with Crippen molar-refractivity contribution in [3.63, 3.8) is 0 Å². The van der Waals surface area contributed by atoms with E-state index < -0.39 is 0 Å². The number of hydrogen-bond acceptors (Lipinski definition) is 2. The largest absolute Gasteiger partial charge is 0.378 e. The topological polar surface area (TPSA) is 26.3 Å². The van der Waals surface area contributed by atoms with Gasteiger partial charge in [0.05, 0.1) is 12.7 Å². The first-order valence-corrected chi connectivity index (χ1v) is 7.54. The van der Waals surface area contributed by atoms with Gasteiger partial charge in [0.25, 0.3) is 0 Å². The molecule has 1 aromatic rings. The summed E-state index contributed by atoms with van der Waals surface area (Å²) in [6.45, 7) is 0.829. The molecular weight excluding hydrogens is 236 g/mol. The maximum absolute atomic E-state index is 11.2. The molecule has 0 aliphatic heterocycles. The van der Waals surface area contributed by atoms with Crippen LogP contribution in [0.2, 0.25) is 0 Å². The Labute approximate surface area is 115 Å². The van der Waals surface area contributed by atoms with Gasteiger partial charge in [0.2, 0.25) is 0 Å². The number of carbonyl (C=O) groups excluding carboxylic acids is 1. The van der Waals surface area contributed by atoms with Crippen molar-refractivity contribution >= 4 is 5.78 Å². The fourth-order valence-corrected chi connectivity index (χ4v) is 3.36. The van der Waals surface area contributed by atoms with E-state index in [1.165, 1.54) is 30.4 Å². The van der Waals surface area contributed by atoms with E-state index in [1.54, 1.807) is 0 Å². The van der Waals surface area contributed by atoms with E-state index >= 15 is 0 Å². The Kier molecular flexibility index (Phi) is 3.97. The monoisotopic (exact) mass is 258 g/mol. The molecule has 0 amide bonds. The molecule has 0 spiro atoms. The minimum atomic E-state index is 0.312. The minimum Gasteiger partial charge on any atom is -0.378 e. The highest BCUT2D eigenvalue weighted by molar-refractivity contribution is 5.79.